The van der Waals surface area contributed by atoms with E-state index < -0.39 is 12.2 Å². The monoisotopic (exact) mass is 291 g/mol. The summed E-state index contributed by atoms with van der Waals surface area (Å²) >= 11 is 0. The van der Waals surface area contributed by atoms with E-state index in [0.717, 1.165) is 5.56 Å². The first-order valence-electron chi connectivity index (χ1n) is 6.28. The molecule has 0 unspecified atom stereocenters. The number of nitrogen functional groups attached to an aromatic ring is 1. The molecule has 7 nitrogen and oxygen atoms in total. The molecule has 1 aromatic rings. The molecule has 1 aromatic carbocycles. The molecule has 21 heavy (non-hydrogen) atoms. The van der Waals surface area contributed by atoms with Crippen molar-refractivity contribution in [3.8, 4) is 0 Å². The smallest absolute Gasteiger partial charge is 0.409 e. The Bertz CT molecular complexity index is 481. The van der Waals surface area contributed by atoms with Crippen LogP contribution in [0.15, 0.2) is 24.3 Å². The van der Waals surface area contributed by atoms with E-state index in [1.165, 1.54) is 16.8 Å². The lowest BCUT2D eigenvalue weighted by molar-refractivity contribution is 0.101. The minimum absolute atomic E-state index is 0.157. The number of likely N-dealkylation sites (N-methyl/N-ethyl adjacent to an activating group) is 2. The van der Waals surface area contributed by atoms with Gasteiger partial charge < -0.3 is 24.9 Å². The van der Waals surface area contributed by atoms with Crippen molar-refractivity contribution in [2.45, 2.75) is 6.61 Å². The highest BCUT2D eigenvalue weighted by atomic mass is 16.6. The van der Waals surface area contributed by atoms with E-state index in [4.69, 9.17) is 18.5 Å². The average molecular weight is 291 g/mol. The lowest BCUT2D eigenvalue weighted by atomic mass is 10.2. The van der Waals surface area contributed by atoms with Crippen molar-refractivity contribution >= 4 is 25.9 Å². The highest BCUT2D eigenvalue weighted by Crippen LogP contribution is 2.07. The van der Waals surface area contributed by atoms with Gasteiger partial charge in [0.25, 0.3) is 0 Å². The summed E-state index contributed by atoms with van der Waals surface area (Å²) in [6.07, 6.45) is -1.15. The Morgan fingerprint density at radius 3 is 2.14 bits per heavy atom. The van der Waals surface area contributed by atoms with Gasteiger partial charge in [-0.15, -0.1) is 0 Å². The van der Waals surface area contributed by atoms with Gasteiger partial charge in [-0.25, -0.2) is 9.59 Å². The summed E-state index contributed by atoms with van der Waals surface area (Å²) < 4.78 is 9.20. The zero-order chi connectivity index (χ0) is 15.8. The highest BCUT2D eigenvalue weighted by molar-refractivity contribution is 6.04. The quantitative estimate of drug-likeness (QED) is 0.646. The van der Waals surface area contributed by atoms with Crippen LogP contribution < -0.4 is 5.73 Å². The first-order valence-corrected chi connectivity index (χ1v) is 6.28. The fourth-order valence-electron chi connectivity index (χ4n) is 1.44. The molecular formula is C13H18BN3O4. The molecule has 1 rings (SSSR count). The molecule has 0 aliphatic heterocycles. The fourth-order valence-corrected chi connectivity index (χ4v) is 1.44. The molecule has 2 N–H and O–H groups in total. The molecule has 2 radical (unpaired) electrons. The molecule has 112 valence electrons. The van der Waals surface area contributed by atoms with Gasteiger partial charge in [-0.3, -0.25) is 0 Å². The Labute approximate surface area is 125 Å². The van der Waals surface area contributed by atoms with E-state index in [-0.39, 0.29) is 13.2 Å². The summed E-state index contributed by atoms with van der Waals surface area (Å²) in [5.41, 5.74) is 7.06. The second-order valence-electron chi connectivity index (χ2n) is 4.52. The number of rotatable bonds is 5. The van der Waals surface area contributed by atoms with Crippen molar-refractivity contribution in [1.82, 2.24) is 9.80 Å². The molecule has 0 bridgehead atoms. The number of amides is 2. The predicted octanol–water partition coefficient (Wildman–Crippen LogP) is 0.989. The standard InChI is InChI=1S/C13H18BN3O4/c1-16(7-8-17(2)13(19)21-14)12(18)20-9-10-3-5-11(15)6-4-10/h3-6H,7-9,15H2,1-2H3. The highest BCUT2D eigenvalue weighted by Gasteiger charge is 2.13. The minimum atomic E-state index is -0.668. The Balaban J connectivity index is 2.34. The van der Waals surface area contributed by atoms with E-state index >= 15 is 0 Å². The first-order chi connectivity index (χ1) is 9.93. The Hall–Kier alpha value is -2.38. The van der Waals surface area contributed by atoms with Gasteiger partial charge in [0.05, 0.1) is 0 Å². The molecule has 0 saturated carbocycles. The maximum atomic E-state index is 11.8. The number of hydrogen-bond acceptors (Lipinski definition) is 5. The van der Waals surface area contributed by atoms with Crippen molar-refractivity contribution in [1.29, 1.82) is 0 Å². The van der Waals surface area contributed by atoms with E-state index in [0.29, 0.717) is 12.2 Å². The summed E-state index contributed by atoms with van der Waals surface area (Å²) in [6.45, 7) is 0.736. The average Bonchev–Trinajstić information content (AvgIpc) is 2.50. The van der Waals surface area contributed by atoms with Crippen LogP contribution in [-0.2, 0) is 16.0 Å². The molecular weight excluding hydrogens is 273 g/mol. The molecule has 8 heteroatoms. The third kappa shape index (κ3) is 5.64. The Kier molecular flexibility index (Phi) is 6.38. The van der Waals surface area contributed by atoms with Gasteiger partial charge in [0.2, 0.25) is 0 Å². The van der Waals surface area contributed by atoms with Crippen molar-refractivity contribution in [3.63, 3.8) is 0 Å². The van der Waals surface area contributed by atoms with Gasteiger partial charge in [0, 0.05) is 32.9 Å². The topological polar surface area (TPSA) is 85.1 Å². The lowest BCUT2D eigenvalue weighted by Gasteiger charge is -2.21. The Morgan fingerprint density at radius 2 is 1.62 bits per heavy atom. The molecule has 0 aliphatic rings. The third-order valence-electron chi connectivity index (χ3n) is 2.84. The second-order valence-corrected chi connectivity index (χ2v) is 4.52. The van der Waals surface area contributed by atoms with Crippen LogP contribution in [0.3, 0.4) is 0 Å². The Morgan fingerprint density at radius 1 is 1.10 bits per heavy atom. The lowest BCUT2D eigenvalue weighted by Crippen LogP contribution is -2.37. The number of ether oxygens (including phenoxy) is 1. The van der Waals surface area contributed by atoms with Gasteiger partial charge in [0.15, 0.2) is 0 Å². The number of hydrogen-bond donors (Lipinski definition) is 1. The van der Waals surface area contributed by atoms with Gasteiger partial charge in [-0.05, 0) is 17.7 Å². The van der Waals surface area contributed by atoms with Gasteiger partial charge in [-0.2, -0.15) is 0 Å². The van der Waals surface area contributed by atoms with E-state index in [2.05, 4.69) is 4.65 Å². The number of nitrogens with two attached hydrogens (primary N) is 1. The second kappa shape index (κ2) is 8.03. The van der Waals surface area contributed by atoms with Crippen molar-refractivity contribution in [2.24, 2.45) is 0 Å². The maximum Gasteiger partial charge on any atom is 0.409 e. The van der Waals surface area contributed by atoms with Crippen molar-refractivity contribution in [3.05, 3.63) is 29.8 Å². The molecule has 2 amide bonds. The number of benzene rings is 1. The summed E-state index contributed by atoms with van der Waals surface area (Å²) in [7, 11) is 7.85. The molecule has 0 spiro atoms. The number of anilines is 1. The zero-order valence-corrected chi connectivity index (χ0v) is 12.1. The van der Waals surface area contributed by atoms with Crippen LogP contribution in [0, 0.1) is 0 Å². The molecule has 0 saturated heterocycles. The summed E-state index contributed by atoms with van der Waals surface area (Å²) in [6, 6.07) is 7.04. The fraction of sp³-hybridized carbons (Fsp3) is 0.385. The van der Waals surface area contributed by atoms with Gasteiger partial charge >= 0.3 is 20.2 Å². The van der Waals surface area contributed by atoms with E-state index in [1.54, 1.807) is 31.3 Å². The number of carbonyl (C=O) groups is 2. The summed E-state index contributed by atoms with van der Waals surface area (Å²) in [5.74, 6) is 0. The molecule has 0 atom stereocenters. The zero-order valence-electron chi connectivity index (χ0n) is 12.1. The first kappa shape index (κ1) is 16.7. The van der Waals surface area contributed by atoms with Crippen LogP contribution in [0.5, 0.6) is 0 Å². The summed E-state index contributed by atoms with van der Waals surface area (Å²) in [5, 5.41) is 0. The van der Waals surface area contributed by atoms with Crippen LogP contribution in [0.25, 0.3) is 0 Å². The number of nitrogens with zero attached hydrogens (tertiary/aromatic N) is 2. The molecule has 0 heterocycles. The van der Waals surface area contributed by atoms with Crippen molar-refractivity contribution in [2.75, 3.05) is 32.9 Å². The van der Waals surface area contributed by atoms with Crippen LogP contribution >= 0.6 is 0 Å². The molecule has 0 aromatic heterocycles. The van der Waals surface area contributed by atoms with Gasteiger partial charge in [0.1, 0.15) is 6.61 Å². The molecule has 0 aliphatic carbocycles. The predicted molar refractivity (Wildman–Crippen MR) is 78.5 cm³/mol. The van der Waals surface area contributed by atoms with Crippen molar-refractivity contribution < 1.29 is 19.0 Å². The minimum Gasteiger partial charge on any atom is -0.528 e. The molecule has 0 fully saturated rings. The number of carbonyl (C=O) groups excluding carboxylic acids is 2. The van der Waals surface area contributed by atoms with E-state index in [1.807, 2.05) is 0 Å². The van der Waals surface area contributed by atoms with Crippen LogP contribution in [-0.4, -0.2) is 57.2 Å². The van der Waals surface area contributed by atoms with Gasteiger partial charge in [-0.1, -0.05) is 12.1 Å². The third-order valence-corrected chi connectivity index (χ3v) is 2.84. The van der Waals surface area contributed by atoms with Crippen LogP contribution in [0.2, 0.25) is 0 Å². The SMILES string of the molecule is [B]OC(=O)N(C)CCN(C)C(=O)OCc1ccc(N)cc1. The van der Waals surface area contributed by atoms with Crippen LogP contribution in [0.4, 0.5) is 15.3 Å². The summed E-state index contributed by atoms with van der Waals surface area (Å²) in [4.78, 5) is 25.4. The van der Waals surface area contributed by atoms with E-state index in [9.17, 15) is 9.59 Å². The largest absolute Gasteiger partial charge is 0.528 e. The van der Waals surface area contributed by atoms with Crippen LogP contribution in [0.1, 0.15) is 5.56 Å². The normalized spacial score (nSPS) is 9.81. The maximum absolute atomic E-state index is 11.8.